The molecule has 10 nitrogen and oxygen atoms in total. The van der Waals surface area contributed by atoms with E-state index in [9.17, 15) is 32.3 Å². The van der Waals surface area contributed by atoms with Gasteiger partial charge in [0.25, 0.3) is 5.91 Å². The van der Waals surface area contributed by atoms with E-state index in [0.29, 0.717) is 12.5 Å². The third-order valence-corrected chi connectivity index (χ3v) is 11.0. The van der Waals surface area contributed by atoms with Crippen LogP contribution in [0.4, 0.5) is 13.2 Å². The Labute approximate surface area is 259 Å². The van der Waals surface area contributed by atoms with Crippen molar-refractivity contribution in [3.05, 3.63) is 16.1 Å². The van der Waals surface area contributed by atoms with E-state index in [1.165, 1.54) is 18.4 Å². The molecule has 44 heavy (non-hydrogen) atoms. The zero-order valence-electron chi connectivity index (χ0n) is 25.7. The van der Waals surface area contributed by atoms with Crippen molar-refractivity contribution in [2.45, 2.75) is 77.6 Å². The minimum atomic E-state index is -4.67. The van der Waals surface area contributed by atoms with Crippen LogP contribution in [-0.4, -0.2) is 90.4 Å². The normalized spacial score (nSPS) is 25.7. The summed E-state index contributed by atoms with van der Waals surface area (Å²) in [5.41, 5.74) is -0.865. The zero-order valence-corrected chi connectivity index (χ0v) is 26.5. The summed E-state index contributed by atoms with van der Waals surface area (Å²) < 4.78 is 45.6. The number of likely N-dealkylation sites (N-methyl/N-ethyl adjacent to an activating group) is 1. The van der Waals surface area contributed by atoms with Crippen molar-refractivity contribution in [3.63, 3.8) is 0 Å². The number of amides is 4. The number of hydrogen-bond donors (Lipinski definition) is 2. The third kappa shape index (κ3) is 6.61. The highest BCUT2D eigenvalue weighted by Gasteiger charge is 2.62. The number of hydrogen-bond acceptors (Lipinski definition) is 7. The second-order valence-corrected chi connectivity index (χ2v) is 14.7. The Morgan fingerprint density at radius 1 is 1.09 bits per heavy atom. The van der Waals surface area contributed by atoms with Gasteiger partial charge in [0.2, 0.25) is 17.7 Å². The monoisotopic (exact) mass is 641 g/mol. The maximum atomic E-state index is 13.9. The Balaban J connectivity index is 1.31. The largest absolute Gasteiger partial charge is 0.443 e. The summed E-state index contributed by atoms with van der Waals surface area (Å²) in [6.07, 6.45) is 2.03. The molecular weight excluding hydrogens is 599 g/mol. The second-order valence-electron chi connectivity index (χ2n) is 13.7. The van der Waals surface area contributed by atoms with E-state index in [1.807, 2.05) is 13.8 Å². The number of likely N-dealkylation sites (tertiary alicyclic amines) is 2. The molecule has 244 valence electrons. The molecule has 2 N–H and O–H groups in total. The molecule has 4 atom stereocenters. The van der Waals surface area contributed by atoms with Crippen molar-refractivity contribution in [1.29, 1.82) is 0 Å². The van der Waals surface area contributed by atoms with Gasteiger partial charge in [-0.25, -0.2) is 4.98 Å². The number of nitrogens with one attached hydrogen (secondary N) is 2. The van der Waals surface area contributed by atoms with Crippen LogP contribution in [0.1, 0.15) is 74.0 Å². The molecule has 0 bridgehead atoms. The van der Waals surface area contributed by atoms with Gasteiger partial charge in [-0.05, 0) is 37.5 Å². The van der Waals surface area contributed by atoms with E-state index in [-0.39, 0.29) is 59.6 Å². The highest BCUT2D eigenvalue weighted by molar-refractivity contribution is 7.13. The first-order valence-corrected chi connectivity index (χ1v) is 16.2. The lowest BCUT2D eigenvalue weighted by Gasteiger charge is -2.50. The summed E-state index contributed by atoms with van der Waals surface area (Å²) in [4.78, 5) is 59.6. The first-order chi connectivity index (χ1) is 20.6. The number of aromatic nitrogens is 1. The minimum Gasteiger partial charge on any atom is -0.376 e. The Kier molecular flexibility index (Phi) is 9.07. The van der Waals surface area contributed by atoms with Crippen molar-refractivity contribution in [2.75, 3.05) is 39.8 Å². The lowest BCUT2D eigenvalue weighted by molar-refractivity contribution is -0.152. The number of alkyl halides is 3. The first-order valence-electron chi connectivity index (χ1n) is 15.4. The fourth-order valence-corrected chi connectivity index (χ4v) is 7.74. The summed E-state index contributed by atoms with van der Waals surface area (Å²) in [7, 11) is 1.48. The van der Waals surface area contributed by atoms with Gasteiger partial charge in [-0.2, -0.15) is 13.2 Å². The molecule has 2 saturated heterocycles. The molecule has 0 aromatic carbocycles. The van der Waals surface area contributed by atoms with Crippen molar-refractivity contribution >= 4 is 35.0 Å². The van der Waals surface area contributed by atoms with Gasteiger partial charge in [-0.15, -0.1) is 11.3 Å². The van der Waals surface area contributed by atoms with Gasteiger partial charge in [-0.3, -0.25) is 19.2 Å². The molecule has 0 radical (unpaired) electrons. The Hall–Kier alpha value is -2.74. The van der Waals surface area contributed by atoms with Crippen LogP contribution in [0.2, 0.25) is 0 Å². The van der Waals surface area contributed by atoms with E-state index in [1.54, 1.807) is 11.8 Å². The van der Waals surface area contributed by atoms with Crippen molar-refractivity contribution < 1.29 is 37.1 Å². The van der Waals surface area contributed by atoms with Gasteiger partial charge in [0, 0.05) is 51.2 Å². The molecule has 2 aliphatic carbocycles. The number of thiazole rings is 1. The maximum Gasteiger partial charge on any atom is 0.443 e. The van der Waals surface area contributed by atoms with E-state index >= 15 is 0 Å². The van der Waals surface area contributed by atoms with Gasteiger partial charge >= 0.3 is 6.18 Å². The van der Waals surface area contributed by atoms with E-state index in [4.69, 9.17) is 4.74 Å². The van der Waals surface area contributed by atoms with Crippen molar-refractivity contribution in [1.82, 2.24) is 25.4 Å². The Morgan fingerprint density at radius 3 is 2.30 bits per heavy atom. The smallest absolute Gasteiger partial charge is 0.376 e. The Morgan fingerprint density at radius 2 is 1.73 bits per heavy atom. The van der Waals surface area contributed by atoms with Crippen LogP contribution in [0.3, 0.4) is 0 Å². The summed E-state index contributed by atoms with van der Waals surface area (Å²) in [5, 5.41) is 4.33. The highest BCUT2D eigenvalue weighted by Crippen LogP contribution is 2.54. The minimum absolute atomic E-state index is 0.00908. The van der Waals surface area contributed by atoms with Crippen LogP contribution >= 0.6 is 11.3 Å². The number of carbonyl (C=O) groups is 4. The van der Waals surface area contributed by atoms with Crippen LogP contribution in [0.15, 0.2) is 6.20 Å². The standard InChI is InChI=1S/C30H42F3N5O5S/c1-17(43-13-18-8-6-5-7-9-18)22(24(40)34-4)36-23(39)20-12-37(26(42)21-11-35-27(44-21)30(31,32)33)14-29(20)15-38(16-29)25(41)19-10-28(19,2)3/h11,17-20,22H,5-10,12-16H2,1-4H3,(H,34,40)(H,36,39)/t17-,19-,20-,22+/m1/s1. The topological polar surface area (TPSA) is 121 Å². The van der Waals surface area contributed by atoms with Gasteiger partial charge in [-0.1, -0.05) is 33.1 Å². The maximum absolute atomic E-state index is 13.9. The van der Waals surface area contributed by atoms with Gasteiger partial charge in [0.05, 0.1) is 18.2 Å². The van der Waals surface area contributed by atoms with Crippen LogP contribution in [0.25, 0.3) is 0 Å². The molecule has 1 aromatic rings. The summed E-state index contributed by atoms with van der Waals surface area (Å²) in [5.74, 6) is -1.98. The fourth-order valence-electron chi connectivity index (χ4n) is 6.99. The highest BCUT2D eigenvalue weighted by atomic mass is 32.1. The average molecular weight is 642 g/mol. The molecule has 5 rings (SSSR count). The molecule has 4 amide bonds. The Bertz CT molecular complexity index is 1270. The quantitative estimate of drug-likeness (QED) is 0.427. The fraction of sp³-hybridized carbons (Fsp3) is 0.767. The number of halogens is 3. The molecule has 0 unspecified atom stereocenters. The zero-order chi connectivity index (χ0) is 32.0. The van der Waals surface area contributed by atoms with E-state index in [2.05, 4.69) is 15.6 Å². The average Bonchev–Trinajstić information content (AvgIpc) is 3.31. The number of carbonyl (C=O) groups excluding carboxylic acids is 4. The van der Waals surface area contributed by atoms with Crippen LogP contribution in [-0.2, 0) is 25.3 Å². The van der Waals surface area contributed by atoms with Crippen molar-refractivity contribution in [2.24, 2.45) is 28.6 Å². The van der Waals surface area contributed by atoms with Gasteiger partial charge < -0.3 is 25.2 Å². The second kappa shape index (κ2) is 12.2. The molecule has 1 aromatic heterocycles. The van der Waals surface area contributed by atoms with Crippen molar-refractivity contribution in [3.8, 4) is 0 Å². The summed E-state index contributed by atoms with van der Waals surface area (Å²) in [6.45, 7) is 6.81. The SMILES string of the molecule is CNC(=O)[C@@H](NC(=O)[C@H]1CN(C(=O)c2cnc(C(F)(F)F)s2)CC12CN(C(=O)[C@H]1CC1(C)C)C2)[C@@H](C)OCC1CCCCC1. The predicted molar refractivity (Wildman–Crippen MR) is 155 cm³/mol. The van der Waals surface area contributed by atoms with E-state index in [0.717, 1.165) is 38.3 Å². The molecule has 2 aliphatic heterocycles. The lowest BCUT2D eigenvalue weighted by atomic mass is 9.70. The van der Waals surface area contributed by atoms with E-state index < -0.39 is 52.4 Å². The van der Waals surface area contributed by atoms with Crippen LogP contribution < -0.4 is 10.6 Å². The molecular formula is C30H42F3N5O5S. The molecule has 3 heterocycles. The number of nitrogens with zero attached hydrogens (tertiary/aromatic N) is 3. The summed E-state index contributed by atoms with van der Waals surface area (Å²) >= 11 is 0.264. The number of rotatable bonds is 9. The van der Waals surface area contributed by atoms with Crippen LogP contribution in [0.5, 0.6) is 0 Å². The van der Waals surface area contributed by atoms with Crippen LogP contribution in [0, 0.1) is 28.6 Å². The molecule has 2 saturated carbocycles. The number of ether oxygens (including phenoxy) is 1. The predicted octanol–water partition coefficient (Wildman–Crippen LogP) is 3.32. The van der Waals surface area contributed by atoms with Gasteiger partial charge in [0.15, 0.2) is 5.01 Å². The first kappa shape index (κ1) is 32.6. The molecule has 4 fully saturated rings. The molecule has 4 aliphatic rings. The molecule has 14 heteroatoms. The van der Waals surface area contributed by atoms with Gasteiger partial charge in [0.1, 0.15) is 10.9 Å². The lowest BCUT2D eigenvalue weighted by Crippen LogP contribution is -2.65. The summed E-state index contributed by atoms with van der Waals surface area (Å²) in [6, 6.07) is -0.987. The third-order valence-electron chi connectivity index (χ3n) is 9.96. The molecule has 1 spiro atoms.